The molecule has 126 valence electrons. The number of benzene rings is 2. The standard InChI is InChI=1S/C19H16N2O4/c1-12(16-10-13-6-3-5-9-17(13)25-19(16)24)20-21-18(23)15-8-4-2-7-14(15)11-22/h2-10,22H,11H2,1H3,(H,21,23)/b20-12+. The zero-order valence-corrected chi connectivity index (χ0v) is 13.5. The molecule has 25 heavy (non-hydrogen) atoms. The molecule has 0 unspecified atom stereocenters. The molecule has 1 heterocycles. The fraction of sp³-hybridized carbons (Fsp3) is 0.105. The molecule has 1 amide bonds. The van der Waals surface area contributed by atoms with Crippen molar-refractivity contribution in [3.05, 3.63) is 81.7 Å². The first-order valence-electron chi connectivity index (χ1n) is 7.67. The van der Waals surface area contributed by atoms with E-state index in [1.165, 1.54) is 0 Å². The summed E-state index contributed by atoms with van der Waals surface area (Å²) in [5.74, 6) is -0.464. The zero-order chi connectivity index (χ0) is 17.8. The van der Waals surface area contributed by atoms with Crippen LogP contribution in [0.15, 0.2) is 68.9 Å². The Labute approximate surface area is 143 Å². The lowest BCUT2D eigenvalue weighted by Gasteiger charge is -2.06. The maximum absolute atomic E-state index is 12.2. The van der Waals surface area contributed by atoms with Gasteiger partial charge in [0.15, 0.2) is 0 Å². The summed E-state index contributed by atoms with van der Waals surface area (Å²) in [6, 6.07) is 15.5. The second-order valence-corrected chi connectivity index (χ2v) is 5.44. The Morgan fingerprint density at radius 1 is 1.12 bits per heavy atom. The third-order valence-electron chi connectivity index (χ3n) is 3.79. The van der Waals surface area contributed by atoms with Crippen molar-refractivity contribution in [2.24, 2.45) is 5.10 Å². The number of carbonyl (C=O) groups excluding carboxylic acids is 1. The first kappa shape index (κ1) is 16.6. The van der Waals surface area contributed by atoms with E-state index in [0.29, 0.717) is 22.4 Å². The van der Waals surface area contributed by atoms with Crippen molar-refractivity contribution in [2.75, 3.05) is 0 Å². The smallest absolute Gasteiger partial charge is 0.345 e. The number of aliphatic hydroxyl groups excluding tert-OH is 1. The molecule has 0 fully saturated rings. The van der Waals surface area contributed by atoms with E-state index < -0.39 is 11.5 Å². The van der Waals surface area contributed by atoms with Gasteiger partial charge in [-0.05, 0) is 30.7 Å². The molecule has 0 aliphatic carbocycles. The first-order chi connectivity index (χ1) is 12.1. The van der Waals surface area contributed by atoms with Crippen molar-refractivity contribution in [1.82, 2.24) is 5.43 Å². The first-order valence-corrected chi connectivity index (χ1v) is 7.67. The fourth-order valence-corrected chi connectivity index (χ4v) is 2.45. The van der Waals surface area contributed by atoms with Crippen LogP contribution in [0.3, 0.4) is 0 Å². The highest BCUT2D eigenvalue weighted by atomic mass is 16.4. The van der Waals surface area contributed by atoms with Gasteiger partial charge in [0.1, 0.15) is 5.58 Å². The predicted octanol–water partition coefficient (Wildman–Crippen LogP) is 2.44. The minimum Gasteiger partial charge on any atom is -0.422 e. The summed E-state index contributed by atoms with van der Waals surface area (Å²) in [6.45, 7) is 1.36. The molecule has 0 saturated carbocycles. The molecule has 2 aromatic carbocycles. The van der Waals surface area contributed by atoms with E-state index in [-0.39, 0.29) is 12.2 Å². The van der Waals surface area contributed by atoms with Gasteiger partial charge in [-0.15, -0.1) is 0 Å². The number of hydrogen-bond donors (Lipinski definition) is 2. The Bertz CT molecular complexity index is 1020. The summed E-state index contributed by atoms with van der Waals surface area (Å²) < 4.78 is 5.26. The fourth-order valence-electron chi connectivity index (χ4n) is 2.45. The SMILES string of the molecule is C/C(=N\NC(=O)c1ccccc1CO)c1cc2ccccc2oc1=O. The average molecular weight is 336 g/mol. The van der Waals surface area contributed by atoms with Crippen LogP contribution in [0.2, 0.25) is 0 Å². The lowest BCUT2D eigenvalue weighted by atomic mass is 10.1. The second-order valence-electron chi connectivity index (χ2n) is 5.44. The highest BCUT2D eigenvalue weighted by Gasteiger charge is 2.11. The topological polar surface area (TPSA) is 91.9 Å². The molecule has 0 aliphatic heterocycles. The Morgan fingerprint density at radius 2 is 1.84 bits per heavy atom. The van der Waals surface area contributed by atoms with Crippen molar-refractivity contribution >= 4 is 22.6 Å². The minimum atomic E-state index is -0.523. The monoisotopic (exact) mass is 336 g/mol. The van der Waals surface area contributed by atoms with Crippen LogP contribution >= 0.6 is 0 Å². The Kier molecular flexibility index (Phi) is 4.72. The van der Waals surface area contributed by atoms with Crippen molar-refractivity contribution in [1.29, 1.82) is 0 Å². The van der Waals surface area contributed by atoms with Crippen LogP contribution in [0, 0.1) is 0 Å². The van der Waals surface area contributed by atoms with E-state index in [2.05, 4.69) is 10.5 Å². The van der Waals surface area contributed by atoms with Gasteiger partial charge < -0.3 is 9.52 Å². The van der Waals surface area contributed by atoms with Crippen LogP contribution in [0.1, 0.15) is 28.4 Å². The molecule has 3 rings (SSSR count). The van der Waals surface area contributed by atoms with Crippen molar-refractivity contribution < 1.29 is 14.3 Å². The summed E-state index contributed by atoms with van der Waals surface area (Å²) in [6.07, 6.45) is 0. The molecule has 0 aliphatic rings. The van der Waals surface area contributed by atoms with E-state index in [1.807, 2.05) is 12.1 Å². The second kappa shape index (κ2) is 7.11. The normalized spacial score (nSPS) is 11.5. The number of hydrazone groups is 1. The van der Waals surface area contributed by atoms with Crippen LogP contribution in [0.25, 0.3) is 11.0 Å². The van der Waals surface area contributed by atoms with E-state index in [9.17, 15) is 14.7 Å². The number of fused-ring (bicyclic) bond motifs is 1. The molecular formula is C19H16N2O4. The third-order valence-corrected chi connectivity index (χ3v) is 3.79. The number of nitrogens with zero attached hydrogens (tertiary/aromatic N) is 1. The van der Waals surface area contributed by atoms with Gasteiger partial charge in [-0.25, -0.2) is 10.2 Å². The molecule has 0 spiro atoms. The molecular weight excluding hydrogens is 320 g/mol. The lowest BCUT2D eigenvalue weighted by Crippen LogP contribution is -2.22. The van der Waals surface area contributed by atoms with E-state index in [4.69, 9.17) is 4.42 Å². The molecule has 0 atom stereocenters. The summed E-state index contributed by atoms with van der Waals surface area (Å²) in [4.78, 5) is 24.3. The number of aliphatic hydroxyl groups is 1. The maximum atomic E-state index is 12.2. The molecule has 1 aromatic heterocycles. The largest absolute Gasteiger partial charge is 0.422 e. The summed E-state index contributed by atoms with van der Waals surface area (Å²) in [5, 5.41) is 14.0. The summed E-state index contributed by atoms with van der Waals surface area (Å²) in [7, 11) is 0. The minimum absolute atomic E-state index is 0.249. The zero-order valence-electron chi connectivity index (χ0n) is 13.5. The van der Waals surface area contributed by atoms with Crippen LogP contribution < -0.4 is 11.1 Å². The van der Waals surface area contributed by atoms with Gasteiger partial charge in [0, 0.05) is 10.9 Å². The molecule has 6 heteroatoms. The van der Waals surface area contributed by atoms with Crippen molar-refractivity contribution in [3.63, 3.8) is 0 Å². The summed E-state index contributed by atoms with van der Waals surface area (Å²) in [5.41, 5.74) is 3.80. The van der Waals surface area contributed by atoms with Gasteiger partial charge in [-0.1, -0.05) is 36.4 Å². The van der Waals surface area contributed by atoms with Gasteiger partial charge in [-0.2, -0.15) is 5.10 Å². The highest BCUT2D eigenvalue weighted by Crippen LogP contribution is 2.13. The number of para-hydroxylation sites is 1. The Hall–Kier alpha value is -3.25. The van der Waals surface area contributed by atoms with Gasteiger partial charge in [-0.3, -0.25) is 4.79 Å². The molecule has 0 bridgehead atoms. The average Bonchev–Trinajstić information content (AvgIpc) is 2.65. The van der Waals surface area contributed by atoms with Crippen molar-refractivity contribution in [3.8, 4) is 0 Å². The molecule has 2 N–H and O–H groups in total. The van der Waals surface area contributed by atoms with Crippen LogP contribution in [0.5, 0.6) is 0 Å². The molecule has 3 aromatic rings. The van der Waals surface area contributed by atoms with E-state index in [1.54, 1.807) is 49.4 Å². The number of rotatable bonds is 4. The van der Waals surface area contributed by atoms with Crippen LogP contribution in [-0.2, 0) is 6.61 Å². The van der Waals surface area contributed by atoms with Crippen LogP contribution in [0.4, 0.5) is 0 Å². The third kappa shape index (κ3) is 3.49. The number of carbonyl (C=O) groups is 1. The Morgan fingerprint density at radius 3 is 2.64 bits per heavy atom. The predicted molar refractivity (Wildman–Crippen MR) is 94.5 cm³/mol. The maximum Gasteiger partial charge on any atom is 0.345 e. The quantitative estimate of drug-likeness (QED) is 0.435. The van der Waals surface area contributed by atoms with Gasteiger partial charge in [0.05, 0.1) is 17.9 Å². The number of hydrogen-bond acceptors (Lipinski definition) is 5. The van der Waals surface area contributed by atoms with E-state index in [0.717, 1.165) is 5.39 Å². The van der Waals surface area contributed by atoms with Crippen molar-refractivity contribution in [2.45, 2.75) is 13.5 Å². The molecule has 6 nitrogen and oxygen atoms in total. The molecule has 0 saturated heterocycles. The van der Waals surface area contributed by atoms with Crippen LogP contribution in [-0.4, -0.2) is 16.7 Å². The Balaban J connectivity index is 1.88. The summed E-state index contributed by atoms with van der Waals surface area (Å²) >= 11 is 0. The highest BCUT2D eigenvalue weighted by molar-refractivity contribution is 6.02. The molecule has 0 radical (unpaired) electrons. The lowest BCUT2D eigenvalue weighted by molar-refractivity contribution is 0.0951. The van der Waals surface area contributed by atoms with Gasteiger partial charge >= 0.3 is 5.63 Å². The van der Waals surface area contributed by atoms with Gasteiger partial charge in [0.25, 0.3) is 5.91 Å². The van der Waals surface area contributed by atoms with E-state index >= 15 is 0 Å². The number of nitrogens with one attached hydrogen (secondary N) is 1. The van der Waals surface area contributed by atoms with Gasteiger partial charge in [0.2, 0.25) is 0 Å². The number of amides is 1.